The summed E-state index contributed by atoms with van der Waals surface area (Å²) in [4.78, 5) is 37.6. The third-order valence-electron chi connectivity index (χ3n) is 7.01. The first kappa shape index (κ1) is 28.4. The van der Waals surface area contributed by atoms with Crippen molar-refractivity contribution in [3.05, 3.63) is 71.7 Å². The molecule has 0 aliphatic carbocycles. The van der Waals surface area contributed by atoms with Crippen LogP contribution in [-0.2, 0) is 4.79 Å². The molecule has 0 saturated carbocycles. The van der Waals surface area contributed by atoms with Crippen LogP contribution >= 0.6 is 0 Å². The number of imidazole rings is 1. The van der Waals surface area contributed by atoms with E-state index in [0.717, 1.165) is 5.56 Å². The number of aromatic nitrogens is 3. The fourth-order valence-corrected chi connectivity index (χ4v) is 4.87. The van der Waals surface area contributed by atoms with E-state index in [4.69, 9.17) is 10.00 Å². The SMILES string of the molecule is CNCC(=O)N1CCN(C(=O)c2ccc(Nc3nccn4c(-c5ccc(OCC#N)c(F)c5F)cnc34)cc2C)CC1. The van der Waals surface area contributed by atoms with E-state index in [2.05, 4.69) is 20.6 Å². The Morgan fingerprint density at radius 2 is 1.83 bits per heavy atom. The monoisotopic (exact) mass is 574 g/mol. The molecule has 2 amide bonds. The van der Waals surface area contributed by atoms with Crippen molar-refractivity contribution in [3.63, 3.8) is 0 Å². The number of hydrogen-bond acceptors (Lipinski definition) is 8. The lowest BCUT2D eigenvalue weighted by Crippen LogP contribution is -2.52. The van der Waals surface area contributed by atoms with Gasteiger partial charge in [-0.3, -0.25) is 14.0 Å². The van der Waals surface area contributed by atoms with Gasteiger partial charge >= 0.3 is 0 Å². The number of likely N-dealkylation sites (N-methyl/N-ethyl adjacent to an activating group) is 1. The Labute approximate surface area is 240 Å². The van der Waals surface area contributed by atoms with E-state index in [0.29, 0.717) is 54.6 Å². The molecule has 0 spiro atoms. The number of ether oxygens (including phenoxy) is 1. The Morgan fingerprint density at radius 1 is 1.07 bits per heavy atom. The first-order valence-corrected chi connectivity index (χ1v) is 13.2. The van der Waals surface area contributed by atoms with Crippen LogP contribution in [0, 0.1) is 29.9 Å². The standard InChI is InChI=1S/C29H28F2N8O3/c1-18-15-19(3-4-20(18)29(41)38-12-10-37(11-13-38)24(40)17-33-2)36-27-28-35-16-22(39(28)9-8-34-27)21-5-6-23(42-14-7-32)26(31)25(21)30/h3-6,8-9,15-16,33H,10-14,17H2,1-2H3,(H,34,36). The second kappa shape index (κ2) is 12.2. The van der Waals surface area contributed by atoms with Crippen molar-refractivity contribution in [1.82, 2.24) is 29.5 Å². The topological polar surface area (TPSA) is 128 Å². The van der Waals surface area contributed by atoms with Crippen molar-refractivity contribution in [1.29, 1.82) is 5.26 Å². The minimum Gasteiger partial charge on any atom is -0.476 e. The van der Waals surface area contributed by atoms with Gasteiger partial charge in [0.25, 0.3) is 5.91 Å². The fourth-order valence-electron chi connectivity index (χ4n) is 4.87. The molecule has 1 saturated heterocycles. The van der Waals surface area contributed by atoms with Crippen LogP contribution in [0.15, 0.2) is 48.9 Å². The molecule has 0 atom stereocenters. The molecule has 2 N–H and O–H groups in total. The van der Waals surface area contributed by atoms with Crippen LogP contribution in [0.1, 0.15) is 15.9 Å². The lowest BCUT2D eigenvalue weighted by Gasteiger charge is -2.35. The zero-order valence-electron chi connectivity index (χ0n) is 23.0. The van der Waals surface area contributed by atoms with Crippen LogP contribution in [-0.4, -0.2) is 82.4 Å². The van der Waals surface area contributed by atoms with Gasteiger partial charge in [-0.05, 0) is 49.9 Å². The Bertz CT molecular complexity index is 1690. The van der Waals surface area contributed by atoms with Gasteiger partial charge in [0.05, 0.1) is 18.4 Å². The summed E-state index contributed by atoms with van der Waals surface area (Å²) in [6.07, 6.45) is 4.50. The molecule has 42 heavy (non-hydrogen) atoms. The number of benzene rings is 2. The third kappa shape index (κ3) is 5.57. The summed E-state index contributed by atoms with van der Waals surface area (Å²) in [5.41, 5.74) is 2.61. The Balaban J connectivity index is 1.33. The molecule has 13 heteroatoms. The molecule has 216 valence electrons. The van der Waals surface area contributed by atoms with E-state index in [9.17, 15) is 18.4 Å². The minimum atomic E-state index is -1.20. The fraction of sp³-hybridized carbons (Fsp3) is 0.276. The first-order chi connectivity index (χ1) is 20.3. The number of rotatable bonds is 8. The number of aryl methyl sites for hydroxylation is 1. The highest BCUT2D eigenvalue weighted by Crippen LogP contribution is 2.32. The van der Waals surface area contributed by atoms with Crippen LogP contribution in [0.2, 0.25) is 0 Å². The molecule has 4 aromatic rings. The van der Waals surface area contributed by atoms with E-state index in [1.54, 1.807) is 45.6 Å². The second-order valence-corrected chi connectivity index (χ2v) is 9.66. The van der Waals surface area contributed by atoms with Gasteiger partial charge in [-0.25, -0.2) is 14.4 Å². The maximum absolute atomic E-state index is 14.9. The highest BCUT2D eigenvalue weighted by molar-refractivity contribution is 5.96. The highest BCUT2D eigenvalue weighted by atomic mass is 19.2. The molecule has 1 fully saturated rings. The number of nitriles is 1. The quantitative estimate of drug-likeness (QED) is 0.329. The largest absolute Gasteiger partial charge is 0.476 e. The number of anilines is 2. The van der Waals surface area contributed by atoms with E-state index in [-0.39, 0.29) is 29.7 Å². The van der Waals surface area contributed by atoms with E-state index < -0.39 is 18.2 Å². The van der Waals surface area contributed by atoms with Gasteiger partial charge in [0.2, 0.25) is 11.7 Å². The molecule has 2 aromatic heterocycles. The van der Waals surface area contributed by atoms with E-state index in [1.807, 2.05) is 13.0 Å². The minimum absolute atomic E-state index is 0.0150. The Hall–Kier alpha value is -5.09. The molecule has 5 rings (SSSR count). The van der Waals surface area contributed by atoms with Crippen LogP contribution in [0.4, 0.5) is 20.3 Å². The molecule has 0 radical (unpaired) electrons. The molecule has 1 aliphatic heterocycles. The van der Waals surface area contributed by atoms with Crippen LogP contribution < -0.4 is 15.4 Å². The first-order valence-electron chi connectivity index (χ1n) is 13.2. The summed E-state index contributed by atoms with van der Waals surface area (Å²) in [5.74, 6) is -2.38. The van der Waals surface area contributed by atoms with Gasteiger partial charge in [0, 0.05) is 55.4 Å². The smallest absolute Gasteiger partial charge is 0.254 e. The molecular weight excluding hydrogens is 546 g/mol. The van der Waals surface area contributed by atoms with Crippen molar-refractivity contribution < 1.29 is 23.1 Å². The average Bonchev–Trinajstić information content (AvgIpc) is 3.43. The number of piperazine rings is 1. The van der Waals surface area contributed by atoms with Gasteiger partial charge in [-0.2, -0.15) is 9.65 Å². The molecule has 2 aromatic carbocycles. The van der Waals surface area contributed by atoms with Crippen molar-refractivity contribution in [2.45, 2.75) is 6.92 Å². The van der Waals surface area contributed by atoms with Crippen LogP contribution in [0.5, 0.6) is 5.75 Å². The maximum Gasteiger partial charge on any atom is 0.254 e. The van der Waals surface area contributed by atoms with Gasteiger partial charge in [0.1, 0.15) is 6.07 Å². The zero-order valence-corrected chi connectivity index (χ0v) is 23.0. The predicted octanol–water partition coefficient (Wildman–Crippen LogP) is 3.13. The number of carbonyl (C=O) groups excluding carboxylic acids is 2. The summed E-state index contributed by atoms with van der Waals surface area (Å²) >= 11 is 0. The summed E-state index contributed by atoms with van der Waals surface area (Å²) in [5, 5.41) is 14.7. The predicted molar refractivity (Wildman–Crippen MR) is 150 cm³/mol. The number of fused-ring (bicyclic) bond motifs is 1. The normalized spacial score (nSPS) is 13.2. The van der Waals surface area contributed by atoms with Gasteiger partial charge in [-0.15, -0.1) is 0 Å². The summed E-state index contributed by atoms with van der Waals surface area (Å²) < 4.78 is 36.0. The number of halogens is 2. The number of amides is 2. The van der Waals surface area contributed by atoms with E-state index in [1.165, 1.54) is 24.5 Å². The van der Waals surface area contributed by atoms with Crippen molar-refractivity contribution in [2.24, 2.45) is 0 Å². The van der Waals surface area contributed by atoms with Gasteiger partial charge in [0.15, 0.2) is 29.6 Å². The molecule has 1 aliphatic rings. The number of hydrogen-bond donors (Lipinski definition) is 2. The number of nitrogens with zero attached hydrogens (tertiary/aromatic N) is 6. The third-order valence-corrected chi connectivity index (χ3v) is 7.01. The van der Waals surface area contributed by atoms with Crippen molar-refractivity contribution in [3.8, 4) is 23.1 Å². The maximum atomic E-state index is 14.9. The van der Waals surface area contributed by atoms with Crippen molar-refractivity contribution in [2.75, 3.05) is 51.7 Å². The van der Waals surface area contributed by atoms with Gasteiger partial charge in [-0.1, -0.05) is 0 Å². The lowest BCUT2D eigenvalue weighted by molar-refractivity contribution is -0.131. The van der Waals surface area contributed by atoms with E-state index >= 15 is 0 Å². The Kier molecular flexibility index (Phi) is 8.26. The number of nitrogens with one attached hydrogen (secondary N) is 2. The molecule has 3 heterocycles. The highest BCUT2D eigenvalue weighted by Gasteiger charge is 2.25. The summed E-state index contributed by atoms with van der Waals surface area (Å²) in [6.45, 7) is 3.60. The summed E-state index contributed by atoms with van der Waals surface area (Å²) in [7, 11) is 1.72. The molecule has 0 unspecified atom stereocenters. The molecule has 11 nitrogen and oxygen atoms in total. The Morgan fingerprint density at radius 3 is 2.55 bits per heavy atom. The lowest BCUT2D eigenvalue weighted by atomic mass is 10.1. The number of carbonyl (C=O) groups is 2. The average molecular weight is 575 g/mol. The van der Waals surface area contributed by atoms with Crippen LogP contribution in [0.25, 0.3) is 16.9 Å². The molecular formula is C29H28F2N8O3. The second-order valence-electron chi connectivity index (χ2n) is 9.66. The molecule has 0 bridgehead atoms. The van der Waals surface area contributed by atoms with Crippen molar-refractivity contribution >= 4 is 29.0 Å². The zero-order chi connectivity index (χ0) is 29.8. The van der Waals surface area contributed by atoms with Crippen LogP contribution in [0.3, 0.4) is 0 Å². The van der Waals surface area contributed by atoms with Gasteiger partial charge < -0.3 is 25.2 Å². The summed E-state index contributed by atoms with van der Waals surface area (Å²) in [6, 6.07) is 9.67.